The number of aliphatic hydroxyl groups is 1. The minimum atomic E-state index is -1.25. The molecule has 2 N–H and O–H groups in total. The number of carbonyl (C=O) groups is 1. The lowest BCUT2D eigenvalue weighted by Crippen LogP contribution is -2.38. The molecule has 146 valence electrons. The zero-order valence-electron chi connectivity index (χ0n) is 15.4. The number of aromatic nitrogens is 1. The molecule has 0 aliphatic heterocycles. The molecule has 0 fully saturated rings. The van der Waals surface area contributed by atoms with Crippen LogP contribution in [0.5, 0.6) is 0 Å². The molecular formula is C21H20ClFN2O2S. The highest BCUT2D eigenvalue weighted by molar-refractivity contribution is 7.13. The van der Waals surface area contributed by atoms with Crippen molar-refractivity contribution in [3.05, 3.63) is 75.5 Å². The number of hydrogen-bond acceptors (Lipinski definition) is 4. The van der Waals surface area contributed by atoms with E-state index in [1.165, 1.54) is 29.5 Å². The normalized spacial score (nSPS) is 13.2. The Morgan fingerprint density at radius 1 is 1.32 bits per heavy atom. The number of hydrogen-bond donors (Lipinski definition) is 2. The number of benzene rings is 2. The maximum atomic E-state index is 14.0. The zero-order valence-corrected chi connectivity index (χ0v) is 17.0. The summed E-state index contributed by atoms with van der Waals surface area (Å²) in [6, 6.07) is 11.5. The summed E-state index contributed by atoms with van der Waals surface area (Å²) in [4.78, 5) is 16.9. The summed E-state index contributed by atoms with van der Waals surface area (Å²) in [5, 5.41) is 15.9. The summed E-state index contributed by atoms with van der Waals surface area (Å²) in [7, 11) is 0. The molecule has 0 radical (unpaired) electrons. The number of thiazole rings is 1. The van der Waals surface area contributed by atoms with Gasteiger partial charge in [-0.05, 0) is 32.0 Å². The van der Waals surface area contributed by atoms with Crippen molar-refractivity contribution in [1.29, 1.82) is 0 Å². The largest absolute Gasteiger partial charge is 0.386 e. The number of rotatable bonds is 6. The minimum Gasteiger partial charge on any atom is -0.386 e. The molecular weight excluding hydrogens is 399 g/mol. The van der Waals surface area contributed by atoms with Crippen molar-refractivity contribution < 1.29 is 14.3 Å². The second-order valence-corrected chi connectivity index (χ2v) is 7.89. The van der Waals surface area contributed by atoms with E-state index in [0.29, 0.717) is 5.69 Å². The first-order valence-electron chi connectivity index (χ1n) is 8.78. The average Bonchev–Trinajstić information content (AvgIpc) is 3.09. The van der Waals surface area contributed by atoms with E-state index in [0.717, 1.165) is 16.1 Å². The van der Waals surface area contributed by atoms with Crippen molar-refractivity contribution in [3.63, 3.8) is 0 Å². The van der Waals surface area contributed by atoms with Crippen LogP contribution in [0, 0.1) is 12.7 Å². The number of nitrogens with zero attached hydrogens (tertiary/aromatic N) is 1. The fourth-order valence-electron chi connectivity index (χ4n) is 2.89. The zero-order chi connectivity index (χ0) is 20.3. The molecule has 2 aromatic carbocycles. The van der Waals surface area contributed by atoms with Crippen LogP contribution in [0.2, 0.25) is 5.02 Å². The molecule has 0 spiro atoms. The number of halogens is 2. The molecule has 0 saturated carbocycles. The lowest BCUT2D eigenvalue weighted by Gasteiger charge is -2.21. The number of nitrogens with one attached hydrogen (secondary N) is 1. The van der Waals surface area contributed by atoms with Crippen LogP contribution < -0.4 is 5.32 Å². The lowest BCUT2D eigenvalue weighted by molar-refractivity contribution is -0.121. The van der Waals surface area contributed by atoms with Crippen LogP contribution in [0.3, 0.4) is 0 Å². The van der Waals surface area contributed by atoms with Gasteiger partial charge in [0.1, 0.15) is 16.9 Å². The van der Waals surface area contributed by atoms with E-state index >= 15 is 0 Å². The van der Waals surface area contributed by atoms with Crippen molar-refractivity contribution in [2.45, 2.75) is 32.4 Å². The van der Waals surface area contributed by atoms with Gasteiger partial charge in [-0.1, -0.05) is 41.4 Å². The van der Waals surface area contributed by atoms with Gasteiger partial charge in [-0.3, -0.25) is 4.79 Å². The van der Waals surface area contributed by atoms with E-state index in [2.05, 4.69) is 10.3 Å². The van der Waals surface area contributed by atoms with Gasteiger partial charge in [-0.25, -0.2) is 9.37 Å². The van der Waals surface area contributed by atoms with Gasteiger partial charge in [-0.2, -0.15) is 0 Å². The molecule has 7 heteroatoms. The fourth-order valence-corrected chi connectivity index (χ4v) is 3.98. The molecule has 0 unspecified atom stereocenters. The average molecular weight is 419 g/mol. The van der Waals surface area contributed by atoms with Crippen LogP contribution in [0.25, 0.3) is 10.6 Å². The highest BCUT2D eigenvalue weighted by Crippen LogP contribution is 2.28. The van der Waals surface area contributed by atoms with Crippen LogP contribution in [0.4, 0.5) is 4.39 Å². The molecule has 1 aromatic heterocycles. The Morgan fingerprint density at radius 2 is 2.07 bits per heavy atom. The van der Waals surface area contributed by atoms with Gasteiger partial charge in [0.2, 0.25) is 5.91 Å². The van der Waals surface area contributed by atoms with E-state index in [1.807, 2.05) is 36.6 Å². The molecule has 0 saturated heterocycles. The highest BCUT2D eigenvalue weighted by atomic mass is 35.5. The number of amides is 1. The van der Waals surface area contributed by atoms with Crippen LogP contribution in [0.1, 0.15) is 29.8 Å². The molecule has 0 aliphatic rings. The molecule has 0 aliphatic carbocycles. The number of aliphatic hydroxyl groups excluding tert-OH is 1. The topological polar surface area (TPSA) is 62.2 Å². The maximum absolute atomic E-state index is 14.0. The summed E-state index contributed by atoms with van der Waals surface area (Å²) in [6.07, 6.45) is -1.18. The van der Waals surface area contributed by atoms with E-state index < -0.39 is 18.0 Å². The molecule has 1 heterocycles. The quantitative estimate of drug-likeness (QED) is 0.610. The standard InChI is InChI=1S/C21H20ClFN2O2S/c1-12-5-3-6-14(9-12)21-25-15(11-28-21)10-18(26)24-13(2)20(27)19-16(22)7-4-8-17(19)23/h3-9,11,13,20,27H,10H2,1-2H3,(H,24,26)/t13-,20+/m1/s1. The summed E-state index contributed by atoms with van der Waals surface area (Å²) in [6.45, 7) is 3.62. The molecule has 4 nitrogen and oxygen atoms in total. The van der Waals surface area contributed by atoms with Gasteiger partial charge in [-0.15, -0.1) is 11.3 Å². The second-order valence-electron chi connectivity index (χ2n) is 6.63. The van der Waals surface area contributed by atoms with Crippen LogP contribution >= 0.6 is 22.9 Å². The first-order valence-corrected chi connectivity index (χ1v) is 10.0. The summed E-state index contributed by atoms with van der Waals surface area (Å²) in [5.41, 5.74) is 2.77. The second kappa shape index (κ2) is 8.82. The Labute approximate surface area is 172 Å². The van der Waals surface area contributed by atoms with Gasteiger partial charge in [0.15, 0.2) is 0 Å². The molecule has 0 bridgehead atoms. The van der Waals surface area contributed by atoms with Crippen molar-refractivity contribution in [3.8, 4) is 10.6 Å². The predicted octanol–water partition coefficient (Wildman–Crippen LogP) is 4.69. The van der Waals surface area contributed by atoms with Crippen molar-refractivity contribution in [2.24, 2.45) is 0 Å². The molecule has 2 atom stereocenters. The third kappa shape index (κ3) is 4.76. The Morgan fingerprint density at radius 3 is 2.79 bits per heavy atom. The first kappa shape index (κ1) is 20.5. The molecule has 1 amide bonds. The van der Waals surface area contributed by atoms with E-state index in [-0.39, 0.29) is 22.9 Å². The van der Waals surface area contributed by atoms with Crippen molar-refractivity contribution in [2.75, 3.05) is 0 Å². The Kier molecular flexibility index (Phi) is 6.44. The van der Waals surface area contributed by atoms with Gasteiger partial charge < -0.3 is 10.4 Å². The first-order chi connectivity index (χ1) is 13.3. The summed E-state index contributed by atoms with van der Waals surface area (Å²) >= 11 is 7.46. The third-order valence-electron chi connectivity index (χ3n) is 4.32. The smallest absolute Gasteiger partial charge is 0.226 e. The van der Waals surface area contributed by atoms with Crippen molar-refractivity contribution in [1.82, 2.24) is 10.3 Å². The maximum Gasteiger partial charge on any atom is 0.226 e. The van der Waals surface area contributed by atoms with Crippen LogP contribution in [-0.4, -0.2) is 22.0 Å². The monoisotopic (exact) mass is 418 g/mol. The fraction of sp³-hybridized carbons (Fsp3) is 0.238. The van der Waals surface area contributed by atoms with Gasteiger partial charge in [0.25, 0.3) is 0 Å². The van der Waals surface area contributed by atoms with E-state index in [1.54, 1.807) is 6.92 Å². The van der Waals surface area contributed by atoms with Crippen LogP contribution in [-0.2, 0) is 11.2 Å². The molecule has 28 heavy (non-hydrogen) atoms. The number of aryl methyl sites for hydroxylation is 1. The lowest BCUT2D eigenvalue weighted by atomic mass is 10.0. The van der Waals surface area contributed by atoms with Crippen molar-refractivity contribution >= 4 is 28.8 Å². The SMILES string of the molecule is Cc1cccc(-c2nc(CC(=O)N[C@H](C)[C@H](O)c3c(F)cccc3Cl)cs2)c1. The van der Waals surface area contributed by atoms with E-state index in [9.17, 15) is 14.3 Å². The molecule has 3 rings (SSSR count). The van der Waals surface area contributed by atoms with Gasteiger partial charge >= 0.3 is 0 Å². The van der Waals surface area contributed by atoms with Gasteiger partial charge in [0.05, 0.1) is 18.2 Å². The highest BCUT2D eigenvalue weighted by Gasteiger charge is 2.24. The molecule has 3 aromatic rings. The predicted molar refractivity (Wildman–Crippen MR) is 110 cm³/mol. The van der Waals surface area contributed by atoms with E-state index in [4.69, 9.17) is 11.6 Å². The third-order valence-corrected chi connectivity index (χ3v) is 5.59. The van der Waals surface area contributed by atoms with Crippen LogP contribution in [0.15, 0.2) is 47.8 Å². The Balaban J connectivity index is 1.64. The summed E-state index contributed by atoms with van der Waals surface area (Å²) < 4.78 is 14.0. The number of carbonyl (C=O) groups excluding carboxylic acids is 1. The minimum absolute atomic E-state index is 0.0210. The van der Waals surface area contributed by atoms with Gasteiger partial charge in [0, 0.05) is 21.5 Å². The Hall–Kier alpha value is -2.28. The summed E-state index contributed by atoms with van der Waals surface area (Å²) in [5.74, 6) is -0.913. The Bertz CT molecular complexity index is 972.